The first-order valence-corrected chi connectivity index (χ1v) is 9.10. The van der Waals surface area contributed by atoms with Crippen molar-refractivity contribution < 1.29 is 23.9 Å². The lowest BCUT2D eigenvalue weighted by Crippen LogP contribution is -2.53. The van der Waals surface area contributed by atoms with E-state index in [0.29, 0.717) is 24.4 Å². The van der Waals surface area contributed by atoms with E-state index in [2.05, 4.69) is 10.2 Å². The molecule has 1 aromatic carbocycles. The Morgan fingerprint density at radius 1 is 1.15 bits per heavy atom. The smallest absolute Gasteiger partial charge is 0.255 e. The first-order chi connectivity index (χ1) is 13.0. The minimum Gasteiger partial charge on any atom is -0.370 e. The molecule has 0 spiro atoms. The maximum atomic E-state index is 12.9. The second kappa shape index (κ2) is 6.94. The zero-order chi connectivity index (χ0) is 19.1. The van der Waals surface area contributed by atoms with Crippen LogP contribution >= 0.6 is 0 Å². The van der Waals surface area contributed by atoms with Crippen molar-refractivity contribution in [2.24, 2.45) is 5.92 Å². The molecule has 3 heterocycles. The van der Waals surface area contributed by atoms with Gasteiger partial charge in [0.2, 0.25) is 11.8 Å². The van der Waals surface area contributed by atoms with Gasteiger partial charge in [-0.05, 0) is 24.1 Å². The van der Waals surface area contributed by atoms with E-state index in [1.807, 2.05) is 18.2 Å². The van der Waals surface area contributed by atoms with E-state index in [-0.39, 0.29) is 30.4 Å². The van der Waals surface area contributed by atoms with Gasteiger partial charge in [0.05, 0.1) is 0 Å². The summed E-state index contributed by atoms with van der Waals surface area (Å²) in [5.41, 5.74) is 2.53. The van der Waals surface area contributed by atoms with Crippen LogP contribution in [0.2, 0.25) is 0 Å². The van der Waals surface area contributed by atoms with Gasteiger partial charge in [-0.25, -0.2) is 0 Å². The number of hydrogen-bond acceptors (Lipinski definition) is 6. The number of rotatable bonds is 5. The van der Waals surface area contributed by atoms with E-state index in [1.165, 1.54) is 0 Å². The first-order valence-electron chi connectivity index (χ1n) is 9.10. The number of nitrogens with one attached hydrogen (secondary N) is 1. The van der Waals surface area contributed by atoms with E-state index in [1.54, 1.807) is 19.1 Å². The Morgan fingerprint density at radius 3 is 2.56 bits per heavy atom. The SMILES string of the molecule is COC(OC)C1CN(c2ccc3c(c2)C(=O)N(C2CCC(=O)NC2=O)C3)C1. The second-order valence-corrected chi connectivity index (χ2v) is 7.25. The molecule has 3 amide bonds. The summed E-state index contributed by atoms with van der Waals surface area (Å²) in [5.74, 6) is -0.516. The van der Waals surface area contributed by atoms with Gasteiger partial charge in [-0.1, -0.05) is 6.07 Å². The first kappa shape index (κ1) is 17.9. The van der Waals surface area contributed by atoms with E-state index >= 15 is 0 Å². The number of amides is 3. The third-order valence-corrected chi connectivity index (χ3v) is 5.64. The van der Waals surface area contributed by atoms with Crippen LogP contribution in [0.4, 0.5) is 5.69 Å². The van der Waals surface area contributed by atoms with Crippen LogP contribution < -0.4 is 10.2 Å². The van der Waals surface area contributed by atoms with Crippen molar-refractivity contribution in [2.75, 3.05) is 32.2 Å². The van der Waals surface area contributed by atoms with Gasteiger partial charge in [-0.3, -0.25) is 19.7 Å². The molecule has 0 aromatic heterocycles. The number of nitrogens with zero attached hydrogens (tertiary/aromatic N) is 2. The van der Waals surface area contributed by atoms with Gasteiger partial charge in [0.15, 0.2) is 6.29 Å². The number of anilines is 1. The molecular formula is C19H23N3O5. The average molecular weight is 373 g/mol. The zero-order valence-corrected chi connectivity index (χ0v) is 15.4. The lowest BCUT2D eigenvalue weighted by atomic mass is 9.97. The van der Waals surface area contributed by atoms with Gasteiger partial charge in [0, 0.05) is 57.4 Å². The fourth-order valence-electron chi connectivity index (χ4n) is 4.12. The van der Waals surface area contributed by atoms with Crippen molar-refractivity contribution in [3.63, 3.8) is 0 Å². The largest absolute Gasteiger partial charge is 0.370 e. The zero-order valence-electron chi connectivity index (χ0n) is 15.4. The molecule has 1 aromatic rings. The van der Waals surface area contributed by atoms with E-state index in [0.717, 1.165) is 24.3 Å². The monoisotopic (exact) mass is 373 g/mol. The number of carbonyl (C=O) groups is 3. The highest BCUT2D eigenvalue weighted by molar-refractivity contribution is 6.05. The molecule has 0 radical (unpaired) electrons. The summed E-state index contributed by atoms with van der Waals surface area (Å²) in [6, 6.07) is 5.27. The van der Waals surface area contributed by atoms with E-state index in [9.17, 15) is 14.4 Å². The van der Waals surface area contributed by atoms with Crippen molar-refractivity contribution >= 4 is 23.4 Å². The molecule has 0 aliphatic carbocycles. The highest BCUT2D eigenvalue weighted by Crippen LogP contribution is 2.33. The van der Waals surface area contributed by atoms with E-state index in [4.69, 9.17) is 9.47 Å². The minimum absolute atomic E-state index is 0.148. The Kier molecular flexibility index (Phi) is 4.61. The molecule has 4 rings (SSSR count). The molecule has 0 saturated carbocycles. The van der Waals surface area contributed by atoms with Crippen molar-refractivity contribution in [2.45, 2.75) is 31.7 Å². The maximum absolute atomic E-state index is 12.9. The molecule has 8 heteroatoms. The van der Waals surface area contributed by atoms with Gasteiger partial charge in [0.25, 0.3) is 5.91 Å². The highest BCUT2D eigenvalue weighted by atomic mass is 16.7. The number of fused-ring (bicyclic) bond motifs is 1. The second-order valence-electron chi connectivity index (χ2n) is 7.25. The maximum Gasteiger partial charge on any atom is 0.255 e. The van der Waals surface area contributed by atoms with Gasteiger partial charge >= 0.3 is 0 Å². The van der Waals surface area contributed by atoms with Crippen LogP contribution in [0.15, 0.2) is 18.2 Å². The number of ether oxygens (including phenoxy) is 2. The quantitative estimate of drug-likeness (QED) is 0.597. The summed E-state index contributed by atoms with van der Waals surface area (Å²) in [5, 5.41) is 2.32. The molecule has 2 saturated heterocycles. The third kappa shape index (κ3) is 3.08. The van der Waals surface area contributed by atoms with Crippen molar-refractivity contribution in [3.8, 4) is 0 Å². The number of carbonyl (C=O) groups excluding carboxylic acids is 3. The molecule has 2 fully saturated rings. The summed E-state index contributed by atoms with van der Waals surface area (Å²) < 4.78 is 10.6. The Morgan fingerprint density at radius 2 is 1.89 bits per heavy atom. The van der Waals surface area contributed by atoms with Crippen LogP contribution in [0, 0.1) is 5.92 Å². The summed E-state index contributed by atoms with van der Waals surface area (Å²) in [6.07, 6.45) is 0.415. The van der Waals surface area contributed by atoms with Gasteiger partial charge in [0.1, 0.15) is 6.04 Å². The average Bonchev–Trinajstić information content (AvgIpc) is 2.94. The molecule has 144 valence electrons. The van der Waals surface area contributed by atoms with Crippen LogP contribution in [0.3, 0.4) is 0 Å². The Bertz CT molecular complexity index is 786. The third-order valence-electron chi connectivity index (χ3n) is 5.64. The molecule has 27 heavy (non-hydrogen) atoms. The standard InChI is InChI=1S/C19H23N3O5/c1-26-19(27-2)12-8-21(9-12)13-4-3-11-10-22(18(25)14(11)7-13)15-5-6-16(23)20-17(15)24/h3-4,7,12,15,19H,5-6,8-10H2,1-2H3,(H,20,23,24). The van der Waals surface area contributed by atoms with Crippen LogP contribution in [0.25, 0.3) is 0 Å². The molecule has 3 aliphatic rings. The molecule has 8 nitrogen and oxygen atoms in total. The molecule has 1 unspecified atom stereocenters. The number of methoxy groups -OCH3 is 2. The summed E-state index contributed by atoms with van der Waals surface area (Å²) >= 11 is 0. The van der Waals surface area contributed by atoms with Crippen LogP contribution in [0.1, 0.15) is 28.8 Å². The molecular weight excluding hydrogens is 350 g/mol. The summed E-state index contributed by atoms with van der Waals surface area (Å²) in [4.78, 5) is 40.1. The molecule has 1 N–H and O–H groups in total. The van der Waals surface area contributed by atoms with Crippen LogP contribution in [-0.4, -0.2) is 62.3 Å². The molecule has 1 atom stereocenters. The predicted molar refractivity (Wildman–Crippen MR) is 96.0 cm³/mol. The summed E-state index contributed by atoms with van der Waals surface area (Å²) in [7, 11) is 3.27. The Labute approximate surface area is 157 Å². The topological polar surface area (TPSA) is 88.2 Å². The fraction of sp³-hybridized carbons (Fsp3) is 0.526. The molecule has 0 bridgehead atoms. The predicted octanol–water partition coefficient (Wildman–Crippen LogP) is 0.503. The number of imide groups is 1. The number of hydrogen-bond donors (Lipinski definition) is 1. The Balaban J connectivity index is 1.46. The highest BCUT2D eigenvalue weighted by Gasteiger charge is 2.40. The van der Waals surface area contributed by atoms with Crippen molar-refractivity contribution in [3.05, 3.63) is 29.3 Å². The minimum atomic E-state index is -0.580. The van der Waals surface area contributed by atoms with Crippen molar-refractivity contribution in [1.82, 2.24) is 10.2 Å². The van der Waals surface area contributed by atoms with Crippen LogP contribution in [-0.2, 0) is 25.6 Å². The summed E-state index contributed by atoms with van der Waals surface area (Å²) in [6.45, 7) is 2.01. The number of benzene rings is 1. The number of piperidine rings is 1. The van der Waals surface area contributed by atoms with Gasteiger partial charge < -0.3 is 19.3 Å². The lowest BCUT2D eigenvalue weighted by Gasteiger charge is -2.43. The van der Waals surface area contributed by atoms with Gasteiger partial charge in [-0.15, -0.1) is 0 Å². The van der Waals surface area contributed by atoms with Crippen molar-refractivity contribution in [1.29, 1.82) is 0 Å². The fourth-order valence-corrected chi connectivity index (χ4v) is 4.12. The lowest BCUT2D eigenvalue weighted by molar-refractivity contribution is -0.142. The van der Waals surface area contributed by atoms with E-state index < -0.39 is 6.04 Å². The van der Waals surface area contributed by atoms with Gasteiger partial charge in [-0.2, -0.15) is 0 Å². The Hall–Kier alpha value is -2.45. The molecule has 3 aliphatic heterocycles. The normalized spacial score (nSPS) is 22.9. The van der Waals surface area contributed by atoms with Crippen LogP contribution in [0.5, 0.6) is 0 Å².